The Morgan fingerprint density at radius 1 is 0.962 bits per heavy atom. The lowest BCUT2D eigenvalue weighted by Crippen LogP contribution is -2.06. The molecule has 1 heterocycles. The largest absolute Gasteiger partial charge is 0.416 e. The molecule has 134 valence electrons. The first-order valence-corrected chi connectivity index (χ1v) is 7.79. The van der Waals surface area contributed by atoms with Crippen LogP contribution in [-0.4, -0.2) is 15.2 Å². The van der Waals surface area contributed by atoms with E-state index in [4.69, 9.17) is 0 Å². The highest BCUT2D eigenvalue weighted by molar-refractivity contribution is 5.61. The molecule has 26 heavy (non-hydrogen) atoms. The zero-order chi connectivity index (χ0) is 18.7. The molecule has 3 rings (SSSR count). The summed E-state index contributed by atoms with van der Waals surface area (Å²) in [6.45, 7) is 3.95. The Balaban J connectivity index is 1.79. The molecule has 0 unspecified atom stereocenters. The molecule has 0 aliphatic rings. The van der Waals surface area contributed by atoms with Gasteiger partial charge in [-0.1, -0.05) is 23.8 Å². The molecule has 0 bridgehead atoms. The average molecular weight is 359 g/mol. The van der Waals surface area contributed by atoms with E-state index in [0.717, 1.165) is 28.9 Å². The molecule has 0 radical (unpaired) electrons. The first-order valence-electron chi connectivity index (χ1n) is 7.79. The zero-order valence-electron chi connectivity index (χ0n) is 14.1. The van der Waals surface area contributed by atoms with Crippen LogP contribution in [0.25, 0.3) is 0 Å². The molecule has 0 amide bonds. The fourth-order valence-electron chi connectivity index (χ4n) is 2.41. The van der Waals surface area contributed by atoms with E-state index in [0.29, 0.717) is 0 Å². The number of anilines is 4. The van der Waals surface area contributed by atoms with Crippen LogP contribution >= 0.6 is 0 Å². The normalized spacial score (nSPS) is 11.3. The van der Waals surface area contributed by atoms with Gasteiger partial charge in [-0.05, 0) is 43.7 Å². The van der Waals surface area contributed by atoms with Crippen molar-refractivity contribution in [2.45, 2.75) is 20.0 Å². The highest BCUT2D eigenvalue weighted by Crippen LogP contribution is 2.31. The number of benzene rings is 2. The fourth-order valence-corrected chi connectivity index (χ4v) is 2.41. The van der Waals surface area contributed by atoms with E-state index in [1.807, 2.05) is 32.0 Å². The monoisotopic (exact) mass is 359 g/mol. The Labute approximate surface area is 148 Å². The van der Waals surface area contributed by atoms with E-state index in [2.05, 4.69) is 25.8 Å². The molecule has 0 saturated carbocycles. The first kappa shape index (κ1) is 17.7. The van der Waals surface area contributed by atoms with Gasteiger partial charge in [-0.2, -0.15) is 23.3 Å². The summed E-state index contributed by atoms with van der Waals surface area (Å²) < 4.78 is 38.4. The number of aromatic nitrogens is 3. The lowest BCUT2D eigenvalue weighted by atomic mass is 10.1. The quantitative estimate of drug-likeness (QED) is 0.687. The number of aryl methyl sites for hydroxylation is 2. The molecule has 1 aromatic heterocycles. The van der Waals surface area contributed by atoms with Gasteiger partial charge in [-0.3, -0.25) is 0 Å². The van der Waals surface area contributed by atoms with Crippen molar-refractivity contribution in [2.75, 3.05) is 10.6 Å². The second kappa shape index (κ2) is 6.99. The van der Waals surface area contributed by atoms with Gasteiger partial charge >= 0.3 is 6.18 Å². The van der Waals surface area contributed by atoms with Gasteiger partial charge in [-0.25, -0.2) is 0 Å². The van der Waals surface area contributed by atoms with E-state index in [1.165, 1.54) is 18.3 Å². The average Bonchev–Trinajstić information content (AvgIpc) is 2.57. The molecule has 2 N–H and O–H groups in total. The minimum atomic E-state index is -4.41. The third-order valence-corrected chi connectivity index (χ3v) is 3.65. The summed E-state index contributed by atoms with van der Waals surface area (Å²) in [6.07, 6.45) is -3.06. The molecular weight excluding hydrogens is 343 g/mol. The van der Waals surface area contributed by atoms with Crippen LogP contribution in [0.5, 0.6) is 0 Å². The van der Waals surface area contributed by atoms with Crippen molar-refractivity contribution >= 4 is 23.1 Å². The molecule has 0 saturated heterocycles. The second-order valence-electron chi connectivity index (χ2n) is 5.81. The predicted octanol–water partition coefficient (Wildman–Crippen LogP) is 4.99. The van der Waals surface area contributed by atoms with Gasteiger partial charge in [0.2, 0.25) is 5.95 Å². The van der Waals surface area contributed by atoms with Crippen molar-refractivity contribution in [1.29, 1.82) is 0 Å². The highest BCUT2D eigenvalue weighted by atomic mass is 19.4. The minimum Gasteiger partial charge on any atom is -0.339 e. The summed E-state index contributed by atoms with van der Waals surface area (Å²) >= 11 is 0. The SMILES string of the molecule is Cc1ccc(Nc2nncc(Nc3cccc(C(F)(F)F)c3)n2)c(C)c1. The third kappa shape index (κ3) is 4.27. The number of alkyl halides is 3. The molecule has 0 fully saturated rings. The maximum Gasteiger partial charge on any atom is 0.416 e. The van der Waals surface area contributed by atoms with Gasteiger partial charge in [0.1, 0.15) is 0 Å². The number of rotatable bonds is 4. The molecule has 5 nitrogen and oxygen atoms in total. The smallest absolute Gasteiger partial charge is 0.339 e. The molecule has 0 spiro atoms. The van der Waals surface area contributed by atoms with E-state index in [1.54, 1.807) is 0 Å². The van der Waals surface area contributed by atoms with Crippen LogP contribution in [-0.2, 0) is 6.18 Å². The Kier molecular flexibility index (Phi) is 4.75. The number of hydrogen-bond acceptors (Lipinski definition) is 5. The Bertz CT molecular complexity index is 925. The summed E-state index contributed by atoms with van der Waals surface area (Å²) in [6, 6.07) is 10.7. The first-order chi connectivity index (χ1) is 12.3. The molecule has 0 aliphatic heterocycles. The Morgan fingerprint density at radius 2 is 1.77 bits per heavy atom. The molecule has 0 aliphatic carbocycles. The zero-order valence-corrected chi connectivity index (χ0v) is 14.1. The standard InChI is InChI=1S/C18H16F3N5/c1-11-6-7-15(12(2)8-11)24-17-25-16(10-22-26-17)23-14-5-3-4-13(9-14)18(19,20)21/h3-10H,1-2H3,(H2,23,24,25,26). The van der Waals surface area contributed by atoms with Gasteiger partial charge < -0.3 is 10.6 Å². The summed E-state index contributed by atoms with van der Waals surface area (Å²) in [5.41, 5.74) is 2.50. The lowest BCUT2D eigenvalue weighted by molar-refractivity contribution is -0.137. The Hall–Kier alpha value is -3.16. The van der Waals surface area contributed by atoms with Crippen LogP contribution in [0.3, 0.4) is 0 Å². The van der Waals surface area contributed by atoms with Crippen LogP contribution in [0, 0.1) is 13.8 Å². The van der Waals surface area contributed by atoms with Gasteiger partial charge in [0.05, 0.1) is 11.8 Å². The fraction of sp³-hybridized carbons (Fsp3) is 0.167. The molecule has 2 aromatic carbocycles. The van der Waals surface area contributed by atoms with Gasteiger partial charge in [0.15, 0.2) is 5.82 Å². The summed E-state index contributed by atoms with van der Waals surface area (Å²) in [5, 5.41) is 13.6. The number of nitrogens with one attached hydrogen (secondary N) is 2. The number of halogens is 3. The maximum absolute atomic E-state index is 12.8. The van der Waals surface area contributed by atoms with E-state index < -0.39 is 11.7 Å². The van der Waals surface area contributed by atoms with Crippen LogP contribution in [0.4, 0.5) is 36.3 Å². The third-order valence-electron chi connectivity index (χ3n) is 3.65. The molecule has 0 atom stereocenters. The summed E-state index contributed by atoms with van der Waals surface area (Å²) in [5.74, 6) is 0.528. The van der Waals surface area contributed by atoms with Crippen molar-refractivity contribution in [2.24, 2.45) is 0 Å². The van der Waals surface area contributed by atoms with Crippen LogP contribution in [0.1, 0.15) is 16.7 Å². The molecule has 8 heteroatoms. The van der Waals surface area contributed by atoms with Crippen molar-refractivity contribution < 1.29 is 13.2 Å². The number of hydrogen-bond donors (Lipinski definition) is 2. The van der Waals surface area contributed by atoms with E-state index >= 15 is 0 Å². The van der Waals surface area contributed by atoms with Crippen molar-refractivity contribution in [1.82, 2.24) is 15.2 Å². The summed E-state index contributed by atoms with van der Waals surface area (Å²) in [7, 11) is 0. The van der Waals surface area contributed by atoms with Crippen LogP contribution in [0.15, 0.2) is 48.7 Å². The molecular formula is C18H16F3N5. The minimum absolute atomic E-state index is 0.244. The lowest BCUT2D eigenvalue weighted by Gasteiger charge is -2.11. The van der Waals surface area contributed by atoms with Gasteiger partial charge in [-0.15, -0.1) is 5.10 Å². The highest BCUT2D eigenvalue weighted by Gasteiger charge is 2.30. The van der Waals surface area contributed by atoms with Crippen molar-refractivity contribution in [3.63, 3.8) is 0 Å². The predicted molar refractivity (Wildman–Crippen MR) is 93.8 cm³/mol. The Morgan fingerprint density at radius 3 is 2.50 bits per heavy atom. The molecule has 3 aromatic rings. The van der Waals surface area contributed by atoms with Crippen LogP contribution in [0.2, 0.25) is 0 Å². The van der Waals surface area contributed by atoms with Gasteiger partial charge in [0, 0.05) is 11.4 Å². The maximum atomic E-state index is 12.8. The van der Waals surface area contributed by atoms with E-state index in [-0.39, 0.29) is 17.5 Å². The van der Waals surface area contributed by atoms with Crippen molar-refractivity contribution in [3.05, 3.63) is 65.4 Å². The van der Waals surface area contributed by atoms with Crippen LogP contribution < -0.4 is 10.6 Å². The topological polar surface area (TPSA) is 62.7 Å². The second-order valence-corrected chi connectivity index (χ2v) is 5.81. The van der Waals surface area contributed by atoms with E-state index in [9.17, 15) is 13.2 Å². The van der Waals surface area contributed by atoms with Crippen molar-refractivity contribution in [3.8, 4) is 0 Å². The summed E-state index contributed by atoms with van der Waals surface area (Å²) in [4.78, 5) is 4.24. The number of nitrogens with zero attached hydrogens (tertiary/aromatic N) is 3. The van der Waals surface area contributed by atoms with Gasteiger partial charge in [0.25, 0.3) is 0 Å².